The zero-order valence-electron chi connectivity index (χ0n) is 16.6. The highest BCUT2D eigenvalue weighted by atomic mass is 19.1. The third kappa shape index (κ3) is 3.36. The first-order valence-corrected chi connectivity index (χ1v) is 9.81. The van der Waals surface area contributed by atoms with E-state index in [-0.39, 0.29) is 41.9 Å². The fourth-order valence-electron chi connectivity index (χ4n) is 4.07. The van der Waals surface area contributed by atoms with Gasteiger partial charge in [0, 0.05) is 37.9 Å². The van der Waals surface area contributed by atoms with Gasteiger partial charge in [0.2, 0.25) is 0 Å². The topological polar surface area (TPSA) is 42.0 Å². The standard InChI is InChI=1S/C20H28BFN2O3/c1-19(2)20(3,4)27-21(26-19)16-8-9-23(13-16)18(25)24-11-15(12-24)14-6-5-7-17(22)10-14/h5-7,10,15-16H,8-9,11-13H2,1-4H3. The maximum atomic E-state index is 13.4. The second-order valence-electron chi connectivity index (χ2n) is 9.06. The van der Waals surface area contributed by atoms with Gasteiger partial charge in [-0.25, -0.2) is 9.18 Å². The van der Waals surface area contributed by atoms with E-state index >= 15 is 0 Å². The van der Waals surface area contributed by atoms with Crippen LogP contribution in [0.25, 0.3) is 0 Å². The van der Waals surface area contributed by atoms with E-state index in [0.29, 0.717) is 19.6 Å². The van der Waals surface area contributed by atoms with Gasteiger partial charge >= 0.3 is 13.1 Å². The number of hydrogen-bond acceptors (Lipinski definition) is 3. The summed E-state index contributed by atoms with van der Waals surface area (Å²) in [5, 5.41) is 0. The Kier molecular flexibility index (Phi) is 4.50. The average molecular weight is 374 g/mol. The number of halogens is 1. The van der Waals surface area contributed by atoms with Crippen LogP contribution in [0, 0.1) is 5.82 Å². The predicted molar refractivity (Wildman–Crippen MR) is 102 cm³/mol. The van der Waals surface area contributed by atoms with Gasteiger partial charge in [-0.2, -0.15) is 0 Å². The molecule has 3 saturated heterocycles. The molecule has 3 aliphatic heterocycles. The van der Waals surface area contributed by atoms with Crippen molar-refractivity contribution >= 4 is 13.1 Å². The second kappa shape index (κ2) is 6.48. The third-order valence-electron chi connectivity index (χ3n) is 6.62. The van der Waals surface area contributed by atoms with Crippen molar-refractivity contribution in [3.8, 4) is 0 Å². The molecule has 0 aliphatic carbocycles. The van der Waals surface area contributed by atoms with Gasteiger partial charge in [0.05, 0.1) is 11.2 Å². The lowest BCUT2D eigenvalue weighted by Crippen LogP contribution is -2.53. The lowest BCUT2D eigenvalue weighted by molar-refractivity contribution is 0.00578. The fraction of sp³-hybridized carbons (Fsp3) is 0.650. The van der Waals surface area contributed by atoms with Crippen molar-refractivity contribution in [2.75, 3.05) is 26.2 Å². The largest absolute Gasteiger partial charge is 0.463 e. The number of carbonyl (C=O) groups is 1. The summed E-state index contributed by atoms with van der Waals surface area (Å²) in [5.41, 5.74) is 0.283. The molecule has 3 heterocycles. The van der Waals surface area contributed by atoms with E-state index in [4.69, 9.17) is 9.31 Å². The predicted octanol–water partition coefficient (Wildman–Crippen LogP) is 3.51. The lowest BCUT2D eigenvalue weighted by Gasteiger charge is -2.41. The van der Waals surface area contributed by atoms with Crippen LogP contribution in [0.4, 0.5) is 9.18 Å². The van der Waals surface area contributed by atoms with E-state index in [1.54, 1.807) is 12.1 Å². The number of amides is 2. The number of benzene rings is 1. The number of carbonyl (C=O) groups excluding carboxylic acids is 1. The molecule has 0 aromatic heterocycles. The molecule has 7 heteroatoms. The molecule has 1 atom stereocenters. The minimum Gasteiger partial charge on any atom is -0.403 e. The molecule has 0 radical (unpaired) electrons. The van der Waals surface area contributed by atoms with Crippen LogP contribution < -0.4 is 0 Å². The molecule has 1 aromatic rings. The van der Waals surface area contributed by atoms with Crippen molar-refractivity contribution in [1.82, 2.24) is 9.80 Å². The van der Waals surface area contributed by atoms with Crippen LogP contribution in [0.2, 0.25) is 5.82 Å². The van der Waals surface area contributed by atoms with Crippen LogP contribution in [0.1, 0.15) is 45.6 Å². The lowest BCUT2D eigenvalue weighted by atomic mass is 9.71. The Balaban J connectivity index is 1.31. The Bertz CT molecular complexity index is 720. The van der Waals surface area contributed by atoms with Crippen molar-refractivity contribution < 1.29 is 18.5 Å². The van der Waals surface area contributed by atoms with Gasteiger partial charge in [-0.15, -0.1) is 0 Å². The summed E-state index contributed by atoms with van der Waals surface area (Å²) in [6.07, 6.45) is 0.893. The van der Waals surface area contributed by atoms with Crippen LogP contribution in [-0.2, 0) is 9.31 Å². The molecule has 1 aromatic carbocycles. The number of likely N-dealkylation sites (tertiary alicyclic amines) is 2. The molecule has 146 valence electrons. The first-order chi connectivity index (χ1) is 12.7. The first-order valence-electron chi connectivity index (χ1n) is 9.81. The third-order valence-corrected chi connectivity index (χ3v) is 6.62. The minimum absolute atomic E-state index is 0.0710. The molecule has 0 saturated carbocycles. The molecular formula is C20H28BFN2O3. The Morgan fingerprint density at radius 3 is 2.41 bits per heavy atom. The Morgan fingerprint density at radius 2 is 1.78 bits per heavy atom. The molecule has 0 N–H and O–H groups in total. The van der Waals surface area contributed by atoms with Crippen LogP contribution >= 0.6 is 0 Å². The van der Waals surface area contributed by atoms with Crippen LogP contribution in [0.5, 0.6) is 0 Å². The fourth-order valence-corrected chi connectivity index (χ4v) is 4.07. The maximum Gasteiger partial charge on any atom is 0.463 e. The first kappa shape index (κ1) is 18.8. The molecule has 3 aliphatic rings. The van der Waals surface area contributed by atoms with Crippen molar-refractivity contribution in [1.29, 1.82) is 0 Å². The molecule has 3 fully saturated rings. The van der Waals surface area contributed by atoms with E-state index in [0.717, 1.165) is 18.5 Å². The SMILES string of the molecule is CC1(C)OB(C2CCN(C(=O)N3CC(c4cccc(F)c4)C3)C2)OC1(C)C. The van der Waals surface area contributed by atoms with Gasteiger partial charge in [0.1, 0.15) is 5.82 Å². The molecule has 2 amide bonds. The van der Waals surface area contributed by atoms with E-state index < -0.39 is 0 Å². The number of hydrogen-bond donors (Lipinski definition) is 0. The monoisotopic (exact) mass is 374 g/mol. The smallest absolute Gasteiger partial charge is 0.403 e. The molecule has 27 heavy (non-hydrogen) atoms. The van der Waals surface area contributed by atoms with Gasteiger partial charge in [-0.05, 0) is 51.8 Å². The summed E-state index contributed by atoms with van der Waals surface area (Å²) in [6.45, 7) is 10.9. The summed E-state index contributed by atoms with van der Waals surface area (Å²) in [7, 11) is -0.260. The van der Waals surface area contributed by atoms with Crippen molar-refractivity contribution in [2.45, 2.75) is 57.1 Å². The summed E-state index contributed by atoms with van der Waals surface area (Å²) in [6, 6.07) is 6.74. The van der Waals surface area contributed by atoms with E-state index in [9.17, 15) is 9.18 Å². The van der Waals surface area contributed by atoms with Gasteiger partial charge < -0.3 is 19.1 Å². The van der Waals surface area contributed by atoms with Gasteiger partial charge in [-0.1, -0.05) is 12.1 Å². The highest BCUT2D eigenvalue weighted by molar-refractivity contribution is 6.47. The number of nitrogens with zero attached hydrogens (tertiary/aromatic N) is 2. The van der Waals surface area contributed by atoms with Crippen molar-refractivity contribution in [2.24, 2.45) is 0 Å². The maximum absolute atomic E-state index is 13.4. The van der Waals surface area contributed by atoms with E-state index in [2.05, 4.69) is 27.7 Å². The molecule has 4 rings (SSSR count). The summed E-state index contributed by atoms with van der Waals surface area (Å²) < 4.78 is 25.7. The van der Waals surface area contributed by atoms with E-state index in [1.165, 1.54) is 6.07 Å². The van der Waals surface area contributed by atoms with Gasteiger partial charge in [0.15, 0.2) is 0 Å². The summed E-state index contributed by atoms with van der Waals surface area (Å²) >= 11 is 0. The van der Waals surface area contributed by atoms with Crippen molar-refractivity contribution in [3.63, 3.8) is 0 Å². The molecule has 0 spiro atoms. The summed E-state index contributed by atoms with van der Waals surface area (Å²) in [5.74, 6) is 0.212. The second-order valence-corrected chi connectivity index (χ2v) is 9.06. The Morgan fingerprint density at radius 1 is 1.11 bits per heavy atom. The van der Waals surface area contributed by atoms with Gasteiger partial charge in [0.25, 0.3) is 0 Å². The Hall–Kier alpha value is -1.60. The van der Waals surface area contributed by atoms with Crippen LogP contribution in [0.15, 0.2) is 24.3 Å². The average Bonchev–Trinajstić information content (AvgIpc) is 3.09. The normalized spacial score (nSPS) is 27.1. The van der Waals surface area contributed by atoms with E-state index in [1.807, 2.05) is 15.9 Å². The quantitative estimate of drug-likeness (QED) is 0.744. The van der Waals surface area contributed by atoms with Crippen LogP contribution in [-0.4, -0.2) is 60.3 Å². The number of rotatable bonds is 2. The molecule has 5 nitrogen and oxygen atoms in total. The van der Waals surface area contributed by atoms with Crippen molar-refractivity contribution in [3.05, 3.63) is 35.6 Å². The van der Waals surface area contributed by atoms with Crippen LogP contribution in [0.3, 0.4) is 0 Å². The molecule has 0 bridgehead atoms. The Labute approximate surface area is 160 Å². The number of urea groups is 1. The molecular weight excluding hydrogens is 346 g/mol. The highest BCUT2D eigenvalue weighted by Crippen LogP contribution is 2.42. The zero-order chi connectivity index (χ0) is 19.4. The zero-order valence-corrected chi connectivity index (χ0v) is 16.6. The minimum atomic E-state index is -0.343. The van der Waals surface area contributed by atoms with Gasteiger partial charge in [-0.3, -0.25) is 0 Å². The summed E-state index contributed by atoms with van der Waals surface area (Å²) in [4.78, 5) is 16.5. The molecule has 1 unspecified atom stereocenters. The highest BCUT2D eigenvalue weighted by Gasteiger charge is 2.55.